The lowest BCUT2D eigenvalue weighted by Crippen LogP contribution is -1.94. The van der Waals surface area contributed by atoms with Gasteiger partial charge in [0.15, 0.2) is 0 Å². The van der Waals surface area contributed by atoms with Crippen LogP contribution in [0.4, 0.5) is 5.69 Å². The number of nitrogens with zero attached hydrogens (tertiary/aromatic N) is 1. The molecule has 1 aliphatic rings. The zero-order valence-electron chi connectivity index (χ0n) is 15.2. The van der Waals surface area contributed by atoms with E-state index in [4.69, 9.17) is 0 Å². The van der Waals surface area contributed by atoms with Gasteiger partial charge < -0.3 is 4.98 Å². The van der Waals surface area contributed by atoms with Gasteiger partial charge in [-0.3, -0.25) is 4.99 Å². The van der Waals surface area contributed by atoms with Crippen molar-refractivity contribution < 1.29 is 0 Å². The van der Waals surface area contributed by atoms with E-state index in [1.54, 1.807) is 0 Å². The van der Waals surface area contributed by atoms with Crippen molar-refractivity contribution in [2.45, 2.75) is 13.3 Å². The molecule has 0 bridgehead atoms. The van der Waals surface area contributed by atoms with E-state index in [1.165, 1.54) is 38.8 Å². The Balaban J connectivity index is 1.81. The second-order valence-corrected chi connectivity index (χ2v) is 6.86. The number of fused-ring (bicyclic) bond motifs is 2. The van der Waals surface area contributed by atoms with Gasteiger partial charge in [0.05, 0.1) is 5.69 Å². The lowest BCUT2D eigenvalue weighted by molar-refractivity contribution is 1.14. The fourth-order valence-corrected chi connectivity index (χ4v) is 3.86. The van der Waals surface area contributed by atoms with Crippen LogP contribution in [0.15, 0.2) is 84.0 Å². The van der Waals surface area contributed by atoms with Crippen LogP contribution in [-0.4, -0.2) is 11.2 Å². The molecule has 0 fully saturated rings. The highest BCUT2D eigenvalue weighted by molar-refractivity contribution is 6.27. The van der Waals surface area contributed by atoms with Gasteiger partial charge in [0, 0.05) is 45.6 Å². The minimum atomic E-state index is 1.04. The van der Waals surface area contributed by atoms with E-state index in [0.29, 0.717) is 0 Å². The summed E-state index contributed by atoms with van der Waals surface area (Å²) in [6.07, 6.45) is 5.18. The number of aryl methyl sites for hydroxylation is 1. The van der Waals surface area contributed by atoms with Crippen LogP contribution in [-0.2, 0) is 6.42 Å². The third-order valence-electron chi connectivity index (χ3n) is 5.31. The molecule has 130 valence electrons. The van der Waals surface area contributed by atoms with Crippen LogP contribution in [0.1, 0.15) is 29.2 Å². The average molecular weight is 348 g/mol. The number of aromatic amines is 1. The van der Waals surface area contributed by atoms with Crippen molar-refractivity contribution in [2.24, 2.45) is 4.99 Å². The molecule has 0 unspecified atom stereocenters. The molecule has 0 aliphatic carbocycles. The summed E-state index contributed by atoms with van der Waals surface area (Å²) in [5.41, 5.74) is 9.57. The zero-order chi connectivity index (χ0) is 18.2. The quantitative estimate of drug-likeness (QED) is 0.443. The molecule has 1 N–H and O–H groups in total. The number of nitrogens with one attached hydrogen (secondary N) is 1. The van der Waals surface area contributed by atoms with Gasteiger partial charge in [-0.25, -0.2) is 0 Å². The second kappa shape index (κ2) is 6.40. The number of aromatic nitrogens is 1. The Labute approximate surface area is 158 Å². The lowest BCUT2D eigenvalue weighted by Gasteiger charge is -2.12. The number of allylic oxidation sites excluding steroid dienone is 1. The smallest absolute Gasteiger partial charge is 0.0709 e. The second-order valence-electron chi connectivity index (χ2n) is 6.86. The summed E-state index contributed by atoms with van der Waals surface area (Å²) in [4.78, 5) is 8.09. The summed E-state index contributed by atoms with van der Waals surface area (Å²) in [6, 6.07) is 25.7. The van der Waals surface area contributed by atoms with Crippen molar-refractivity contribution in [2.75, 3.05) is 0 Å². The average Bonchev–Trinajstić information content (AvgIpc) is 3.34. The number of rotatable bonds is 3. The molecule has 4 aromatic rings. The highest BCUT2D eigenvalue weighted by Crippen LogP contribution is 2.40. The zero-order valence-corrected chi connectivity index (χ0v) is 15.2. The maximum Gasteiger partial charge on any atom is 0.0709 e. The summed E-state index contributed by atoms with van der Waals surface area (Å²) < 4.78 is 0. The van der Waals surface area contributed by atoms with Crippen molar-refractivity contribution in [1.29, 1.82) is 0 Å². The largest absolute Gasteiger partial charge is 0.361 e. The molecule has 2 nitrogen and oxygen atoms in total. The fraction of sp³-hybridized carbons (Fsp3) is 0.0800. The first kappa shape index (κ1) is 15.8. The van der Waals surface area contributed by atoms with Gasteiger partial charge in [-0.15, -0.1) is 0 Å². The van der Waals surface area contributed by atoms with E-state index >= 15 is 0 Å². The van der Waals surface area contributed by atoms with Crippen molar-refractivity contribution in [3.63, 3.8) is 0 Å². The van der Waals surface area contributed by atoms with Crippen LogP contribution >= 0.6 is 0 Å². The van der Waals surface area contributed by atoms with Gasteiger partial charge >= 0.3 is 0 Å². The standard InChI is InChI=1S/C25H20N2/c1-2-17-11-13-18(14-12-17)25(21-15-26-23-9-5-3-7-19(21)23)22-16-27-24-10-6-4-8-20(22)24/h3-16,26H,2H2,1H3/b25-22+. The predicted molar refractivity (Wildman–Crippen MR) is 115 cm³/mol. The van der Waals surface area contributed by atoms with Crippen LogP contribution in [0.3, 0.4) is 0 Å². The van der Waals surface area contributed by atoms with E-state index in [9.17, 15) is 0 Å². The molecular weight excluding hydrogens is 328 g/mol. The SMILES string of the molecule is CCc1ccc(/C(=C2/C=Nc3ccccc32)c2c[nH]c3ccccc23)cc1. The Morgan fingerprint density at radius 2 is 1.67 bits per heavy atom. The van der Waals surface area contributed by atoms with Gasteiger partial charge in [-0.05, 0) is 29.7 Å². The summed E-state index contributed by atoms with van der Waals surface area (Å²) in [7, 11) is 0. The minimum absolute atomic E-state index is 1.04. The van der Waals surface area contributed by atoms with E-state index < -0.39 is 0 Å². The summed E-state index contributed by atoms with van der Waals surface area (Å²) in [5, 5.41) is 1.23. The fourth-order valence-electron chi connectivity index (χ4n) is 3.86. The Morgan fingerprint density at radius 3 is 2.52 bits per heavy atom. The molecule has 1 aliphatic heterocycles. The molecule has 0 saturated heterocycles. The highest BCUT2D eigenvalue weighted by Gasteiger charge is 2.20. The third kappa shape index (κ3) is 2.61. The number of hydrogen-bond acceptors (Lipinski definition) is 1. The lowest BCUT2D eigenvalue weighted by atomic mass is 9.89. The number of para-hydroxylation sites is 2. The first-order valence-electron chi connectivity index (χ1n) is 9.38. The van der Waals surface area contributed by atoms with E-state index in [0.717, 1.165) is 17.6 Å². The monoisotopic (exact) mass is 348 g/mol. The number of benzene rings is 3. The van der Waals surface area contributed by atoms with E-state index in [1.807, 2.05) is 12.3 Å². The van der Waals surface area contributed by atoms with Gasteiger partial charge in [0.2, 0.25) is 0 Å². The van der Waals surface area contributed by atoms with E-state index in [2.05, 4.69) is 89.8 Å². The molecule has 2 heterocycles. The molecule has 0 amide bonds. The molecule has 0 saturated carbocycles. The maximum absolute atomic E-state index is 4.66. The van der Waals surface area contributed by atoms with Gasteiger partial charge in [0.1, 0.15) is 0 Å². The molecule has 1 aromatic heterocycles. The summed E-state index contributed by atoms with van der Waals surface area (Å²) in [6.45, 7) is 2.19. The molecule has 0 radical (unpaired) electrons. The molecule has 5 rings (SSSR count). The number of hydrogen-bond donors (Lipinski definition) is 1. The van der Waals surface area contributed by atoms with Crippen LogP contribution in [0.25, 0.3) is 22.0 Å². The Kier molecular flexibility index (Phi) is 3.75. The molecular formula is C25H20N2. The highest BCUT2D eigenvalue weighted by atomic mass is 14.8. The normalized spacial score (nSPS) is 14.6. The molecule has 2 heteroatoms. The van der Waals surface area contributed by atoms with Crippen molar-refractivity contribution in [3.8, 4) is 0 Å². The van der Waals surface area contributed by atoms with Crippen LogP contribution < -0.4 is 0 Å². The van der Waals surface area contributed by atoms with Crippen molar-refractivity contribution in [3.05, 3.63) is 101 Å². The summed E-state index contributed by atoms with van der Waals surface area (Å²) >= 11 is 0. The van der Waals surface area contributed by atoms with Gasteiger partial charge in [-0.2, -0.15) is 0 Å². The molecule has 0 atom stereocenters. The molecule has 27 heavy (non-hydrogen) atoms. The van der Waals surface area contributed by atoms with Crippen molar-refractivity contribution >= 4 is 34.0 Å². The van der Waals surface area contributed by atoms with Crippen molar-refractivity contribution in [1.82, 2.24) is 4.98 Å². The van der Waals surface area contributed by atoms with Crippen LogP contribution in [0, 0.1) is 0 Å². The molecule has 0 spiro atoms. The van der Waals surface area contributed by atoms with E-state index in [-0.39, 0.29) is 0 Å². The van der Waals surface area contributed by atoms with Gasteiger partial charge in [-0.1, -0.05) is 67.6 Å². The first-order chi connectivity index (χ1) is 13.3. The maximum atomic E-state index is 4.66. The summed E-state index contributed by atoms with van der Waals surface area (Å²) in [5.74, 6) is 0. The minimum Gasteiger partial charge on any atom is -0.361 e. The van der Waals surface area contributed by atoms with Gasteiger partial charge in [0.25, 0.3) is 0 Å². The Morgan fingerprint density at radius 1 is 0.889 bits per heavy atom. The van der Waals surface area contributed by atoms with Crippen LogP contribution in [0.2, 0.25) is 0 Å². The predicted octanol–water partition coefficient (Wildman–Crippen LogP) is 6.41. The van der Waals surface area contributed by atoms with Crippen LogP contribution in [0.5, 0.6) is 0 Å². The molecule has 3 aromatic carbocycles. The first-order valence-corrected chi connectivity index (χ1v) is 9.38. The number of aliphatic imine (C=N–C) groups is 1. The third-order valence-corrected chi connectivity index (χ3v) is 5.31. The Hall–Kier alpha value is -3.39. The Bertz CT molecular complexity index is 1190. The topological polar surface area (TPSA) is 28.1 Å². The number of H-pyrrole nitrogens is 1.